The molecule has 0 bridgehead atoms. The van der Waals surface area contributed by atoms with Crippen LogP contribution in [0.3, 0.4) is 0 Å². The molecule has 1 aromatic carbocycles. The second-order valence-corrected chi connectivity index (χ2v) is 10.7. The lowest BCUT2D eigenvalue weighted by atomic mass is 9.89. The molecular weight excluding hydrogens is 356 g/mol. The zero-order chi connectivity index (χ0) is 21.3. The fraction of sp³-hybridized carbons (Fsp3) is 0.741. The highest BCUT2D eigenvalue weighted by Crippen LogP contribution is 2.50. The summed E-state index contributed by atoms with van der Waals surface area (Å²) in [4.78, 5) is 11.2. The summed E-state index contributed by atoms with van der Waals surface area (Å²) in [6.07, 6.45) is 16.4. The van der Waals surface area contributed by atoms with E-state index in [4.69, 9.17) is 0 Å². The standard InChI is InChI=1S/C27H44O2/c1-22-15-16-23(13-9-5-7-11-17-26(2,3)4)24(21-22)14-10-6-8-12-18-27(19-20-27)25(28)29/h15-16,21H,5-14,17-20H2,1-4H3,(H,28,29). The molecule has 2 nitrogen and oxygen atoms in total. The second-order valence-electron chi connectivity index (χ2n) is 10.7. The Morgan fingerprint density at radius 1 is 0.897 bits per heavy atom. The van der Waals surface area contributed by atoms with Crippen LogP contribution in [0, 0.1) is 17.8 Å². The first-order chi connectivity index (χ1) is 13.7. The molecule has 1 aromatic rings. The Bertz CT molecular complexity index is 634. The third kappa shape index (κ3) is 8.93. The normalized spacial score (nSPS) is 15.4. The molecule has 0 amide bonds. The van der Waals surface area contributed by atoms with Gasteiger partial charge in [-0.1, -0.05) is 83.1 Å². The summed E-state index contributed by atoms with van der Waals surface area (Å²) in [5.41, 5.74) is 4.59. The van der Waals surface area contributed by atoms with Crippen molar-refractivity contribution in [2.45, 2.75) is 118 Å². The second kappa shape index (κ2) is 11.2. The van der Waals surface area contributed by atoms with Gasteiger partial charge in [0.15, 0.2) is 0 Å². The molecule has 1 N–H and O–H groups in total. The molecule has 0 spiro atoms. The van der Waals surface area contributed by atoms with E-state index in [1.807, 2.05) is 0 Å². The Balaban J connectivity index is 1.65. The lowest BCUT2D eigenvalue weighted by molar-refractivity contribution is -0.143. The summed E-state index contributed by atoms with van der Waals surface area (Å²) in [5.74, 6) is -0.569. The maximum atomic E-state index is 11.2. The van der Waals surface area contributed by atoms with Crippen molar-refractivity contribution in [3.8, 4) is 0 Å². The molecule has 0 heterocycles. The molecule has 1 saturated carbocycles. The zero-order valence-electron chi connectivity index (χ0n) is 19.5. The molecule has 0 aromatic heterocycles. The van der Waals surface area contributed by atoms with Crippen LogP contribution in [-0.4, -0.2) is 11.1 Å². The number of unbranched alkanes of at least 4 members (excludes halogenated alkanes) is 6. The third-order valence-electron chi connectivity index (χ3n) is 6.64. The molecule has 1 fully saturated rings. The van der Waals surface area contributed by atoms with Crippen LogP contribution >= 0.6 is 0 Å². The maximum Gasteiger partial charge on any atom is 0.309 e. The summed E-state index contributed by atoms with van der Waals surface area (Å²) in [6, 6.07) is 7.00. The Labute approximate surface area is 179 Å². The Morgan fingerprint density at radius 2 is 1.48 bits per heavy atom. The predicted molar refractivity (Wildman–Crippen MR) is 124 cm³/mol. The van der Waals surface area contributed by atoms with E-state index in [0.717, 1.165) is 25.7 Å². The summed E-state index contributed by atoms with van der Waals surface area (Å²) >= 11 is 0. The Morgan fingerprint density at radius 3 is 2.07 bits per heavy atom. The molecule has 1 aliphatic rings. The minimum atomic E-state index is -0.569. The van der Waals surface area contributed by atoms with Crippen LogP contribution in [0.2, 0.25) is 0 Å². The number of hydrogen-bond acceptors (Lipinski definition) is 1. The lowest BCUT2D eigenvalue weighted by Gasteiger charge is -2.17. The zero-order valence-corrected chi connectivity index (χ0v) is 19.5. The summed E-state index contributed by atoms with van der Waals surface area (Å²) < 4.78 is 0. The van der Waals surface area contributed by atoms with Crippen molar-refractivity contribution in [2.24, 2.45) is 10.8 Å². The van der Waals surface area contributed by atoms with E-state index in [2.05, 4.69) is 45.9 Å². The highest BCUT2D eigenvalue weighted by atomic mass is 16.4. The van der Waals surface area contributed by atoms with Crippen LogP contribution in [-0.2, 0) is 17.6 Å². The average molecular weight is 401 g/mol. The summed E-state index contributed by atoms with van der Waals surface area (Å²) in [7, 11) is 0. The van der Waals surface area contributed by atoms with E-state index in [1.165, 1.54) is 69.8 Å². The molecule has 2 rings (SSSR count). The van der Waals surface area contributed by atoms with Crippen LogP contribution in [0.15, 0.2) is 18.2 Å². The predicted octanol–water partition coefficient (Wildman–Crippen LogP) is 7.89. The fourth-order valence-corrected chi connectivity index (χ4v) is 4.41. The first-order valence-electron chi connectivity index (χ1n) is 12.0. The molecule has 1 aliphatic carbocycles. The van der Waals surface area contributed by atoms with Gasteiger partial charge in [-0.05, 0) is 74.8 Å². The number of carbonyl (C=O) groups is 1. The number of aliphatic carboxylic acids is 1. The van der Waals surface area contributed by atoms with E-state index in [-0.39, 0.29) is 5.41 Å². The molecule has 0 radical (unpaired) electrons. The van der Waals surface area contributed by atoms with Crippen molar-refractivity contribution in [3.63, 3.8) is 0 Å². The van der Waals surface area contributed by atoms with Crippen LogP contribution in [0.5, 0.6) is 0 Å². The van der Waals surface area contributed by atoms with Crippen LogP contribution in [0.4, 0.5) is 0 Å². The van der Waals surface area contributed by atoms with Gasteiger partial charge in [0.2, 0.25) is 0 Å². The highest BCUT2D eigenvalue weighted by molar-refractivity contribution is 5.77. The summed E-state index contributed by atoms with van der Waals surface area (Å²) in [5, 5.41) is 9.27. The molecule has 2 heteroatoms. The number of hydrogen-bond donors (Lipinski definition) is 1. The van der Waals surface area contributed by atoms with Crippen molar-refractivity contribution in [2.75, 3.05) is 0 Å². The number of rotatable bonds is 14. The monoisotopic (exact) mass is 400 g/mol. The van der Waals surface area contributed by atoms with Crippen LogP contribution in [0.1, 0.15) is 115 Å². The van der Waals surface area contributed by atoms with Gasteiger partial charge in [0.05, 0.1) is 5.41 Å². The number of carboxylic acids is 1. The van der Waals surface area contributed by atoms with E-state index >= 15 is 0 Å². The topological polar surface area (TPSA) is 37.3 Å². The lowest BCUT2D eigenvalue weighted by Crippen LogP contribution is -2.14. The SMILES string of the molecule is Cc1ccc(CCCCCCC(C)(C)C)c(CCCCCCC2(C(=O)O)CC2)c1. The van der Waals surface area contributed by atoms with Gasteiger partial charge >= 0.3 is 5.97 Å². The molecule has 0 unspecified atom stereocenters. The summed E-state index contributed by atoms with van der Waals surface area (Å²) in [6.45, 7) is 9.20. The van der Waals surface area contributed by atoms with Crippen molar-refractivity contribution >= 4 is 5.97 Å². The van der Waals surface area contributed by atoms with Gasteiger partial charge < -0.3 is 5.11 Å². The molecule has 164 valence electrons. The average Bonchev–Trinajstić information content (AvgIpc) is 3.42. The minimum Gasteiger partial charge on any atom is -0.481 e. The van der Waals surface area contributed by atoms with Gasteiger partial charge in [0, 0.05) is 0 Å². The van der Waals surface area contributed by atoms with Crippen molar-refractivity contribution in [1.82, 2.24) is 0 Å². The van der Waals surface area contributed by atoms with Crippen LogP contribution < -0.4 is 0 Å². The van der Waals surface area contributed by atoms with Gasteiger partial charge in [-0.3, -0.25) is 4.79 Å². The molecule has 0 aliphatic heterocycles. The van der Waals surface area contributed by atoms with Gasteiger partial charge in [-0.2, -0.15) is 0 Å². The minimum absolute atomic E-state index is 0.337. The van der Waals surface area contributed by atoms with Gasteiger partial charge in [-0.25, -0.2) is 0 Å². The number of aryl methyl sites for hydroxylation is 3. The Kier molecular flexibility index (Phi) is 9.24. The van der Waals surface area contributed by atoms with Gasteiger partial charge in [0.1, 0.15) is 0 Å². The van der Waals surface area contributed by atoms with Gasteiger partial charge in [-0.15, -0.1) is 0 Å². The quantitative estimate of drug-likeness (QED) is 0.322. The van der Waals surface area contributed by atoms with E-state index in [0.29, 0.717) is 5.41 Å². The number of benzene rings is 1. The van der Waals surface area contributed by atoms with Crippen molar-refractivity contribution in [3.05, 3.63) is 34.9 Å². The van der Waals surface area contributed by atoms with E-state index in [9.17, 15) is 9.90 Å². The largest absolute Gasteiger partial charge is 0.481 e. The first kappa shape index (κ1) is 24.0. The first-order valence-corrected chi connectivity index (χ1v) is 12.0. The molecule has 29 heavy (non-hydrogen) atoms. The number of carboxylic acid groups (broad SMARTS) is 1. The fourth-order valence-electron chi connectivity index (χ4n) is 4.41. The van der Waals surface area contributed by atoms with Crippen molar-refractivity contribution in [1.29, 1.82) is 0 Å². The van der Waals surface area contributed by atoms with E-state index in [1.54, 1.807) is 11.1 Å². The molecule has 0 atom stereocenters. The van der Waals surface area contributed by atoms with Crippen LogP contribution in [0.25, 0.3) is 0 Å². The maximum absolute atomic E-state index is 11.2. The molecule has 0 saturated heterocycles. The highest BCUT2D eigenvalue weighted by Gasteiger charge is 2.49. The van der Waals surface area contributed by atoms with Crippen molar-refractivity contribution < 1.29 is 9.90 Å². The molecular formula is C27H44O2. The van der Waals surface area contributed by atoms with E-state index < -0.39 is 5.97 Å². The van der Waals surface area contributed by atoms with Gasteiger partial charge in [0.25, 0.3) is 0 Å². The third-order valence-corrected chi connectivity index (χ3v) is 6.64. The smallest absolute Gasteiger partial charge is 0.309 e. The Hall–Kier alpha value is -1.31.